The number of hydrogen-bond acceptors (Lipinski definition) is 3. The van der Waals surface area contributed by atoms with Crippen LogP contribution in [0.5, 0.6) is 0 Å². The third kappa shape index (κ3) is 3.40. The first-order valence-corrected chi connectivity index (χ1v) is 8.88. The second kappa shape index (κ2) is 6.24. The van der Waals surface area contributed by atoms with Gasteiger partial charge in [-0.05, 0) is 46.6 Å². The van der Waals surface area contributed by atoms with Crippen molar-refractivity contribution in [1.82, 2.24) is 4.98 Å². The van der Waals surface area contributed by atoms with Gasteiger partial charge in [0.2, 0.25) is 0 Å². The Morgan fingerprint density at radius 1 is 1.20 bits per heavy atom. The molecule has 0 atom stereocenters. The van der Waals surface area contributed by atoms with E-state index in [-0.39, 0.29) is 15.7 Å². The summed E-state index contributed by atoms with van der Waals surface area (Å²) in [5.41, 5.74) is 1.36. The Labute approximate surface area is 132 Å². The quantitative estimate of drug-likeness (QED) is 0.811. The van der Waals surface area contributed by atoms with E-state index in [4.69, 9.17) is 11.6 Å². The summed E-state index contributed by atoms with van der Waals surface area (Å²) in [6.07, 6.45) is 0.737. The van der Waals surface area contributed by atoms with E-state index in [1.165, 1.54) is 6.07 Å². The van der Waals surface area contributed by atoms with Crippen molar-refractivity contribution in [2.45, 2.75) is 24.0 Å². The average molecular weight is 375 g/mol. The summed E-state index contributed by atoms with van der Waals surface area (Å²) in [7, 11) is -3.49. The highest BCUT2D eigenvalue weighted by atomic mass is 79.9. The normalized spacial score (nSPS) is 11.6. The molecule has 106 valence electrons. The summed E-state index contributed by atoms with van der Waals surface area (Å²) in [6, 6.07) is 9.97. The third-order valence-electron chi connectivity index (χ3n) is 2.82. The average Bonchev–Trinajstić information content (AvgIpc) is 2.41. The van der Waals surface area contributed by atoms with Crippen molar-refractivity contribution in [1.29, 1.82) is 0 Å². The smallest absolute Gasteiger partial charge is 0.185 e. The predicted octanol–water partition coefficient (Wildman–Crippen LogP) is 4.03. The molecule has 3 nitrogen and oxygen atoms in total. The van der Waals surface area contributed by atoms with E-state index < -0.39 is 9.84 Å². The molecule has 0 N–H and O–H groups in total. The van der Waals surface area contributed by atoms with Gasteiger partial charge in [-0.2, -0.15) is 0 Å². The van der Waals surface area contributed by atoms with Crippen molar-refractivity contribution in [2.24, 2.45) is 0 Å². The lowest BCUT2D eigenvalue weighted by Crippen LogP contribution is -2.08. The van der Waals surface area contributed by atoms with Crippen LogP contribution in [0.2, 0.25) is 5.02 Å². The van der Waals surface area contributed by atoms with Crippen molar-refractivity contribution < 1.29 is 8.42 Å². The molecule has 6 heteroatoms. The second-order valence-electron chi connectivity index (χ2n) is 4.27. The van der Waals surface area contributed by atoms with Crippen molar-refractivity contribution in [3.8, 4) is 0 Å². The van der Waals surface area contributed by atoms with Crippen molar-refractivity contribution in [3.63, 3.8) is 0 Å². The van der Waals surface area contributed by atoms with Crippen LogP contribution in [0.25, 0.3) is 0 Å². The summed E-state index contributed by atoms with van der Waals surface area (Å²) < 4.78 is 25.6. The van der Waals surface area contributed by atoms with E-state index in [0.717, 1.165) is 16.6 Å². The number of pyridine rings is 1. The van der Waals surface area contributed by atoms with Crippen LogP contribution in [0.4, 0.5) is 0 Å². The number of benzene rings is 1. The van der Waals surface area contributed by atoms with Crippen molar-refractivity contribution in [2.75, 3.05) is 0 Å². The van der Waals surface area contributed by atoms with Crippen molar-refractivity contribution in [3.05, 3.63) is 57.3 Å². The molecule has 0 bridgehead atoms. The highest BCUT2D eigenvalue weighted by molar-refractivity contribution is 9.10. The summed E-state index contributed by atoms with van der Waals surface area (Å²) in [5.74, 6) is -0.156. The zero-order valence-electron chi connectivity index (χ0n) is 10.8. The topological polar surface area (TPSA) is 47.0 Å². The molecule has 0 aliphatic heterocycles. The molecule has 2 rings (SSSR count). The Balaban J connectivity index is 2.36. The molecule has 0 amide bonds. The highest BCUT2D eigenvalue weighted by Crippen LogP contribution is 2.24. The molecule has 1 heterocycles. The van der Waals surface area contributed by atoms with E-state index >= 15 is 0 Å². The summed E-state index contributed by atoms with van der Waals surface area (Å²) >= 11 is 9.35. The molecule has 20 heavy (non-hydrogen) atoms. The van der Waals surface area contributed by atoms with E-state index in [2.05, 4.69) is 20.9 Å². The van der Waals surface area contributed by atoms with Crippen LogP contribution in [0.15, 0.2) is 45.8 Å². The molecule has 0 radical (unpaired) electrons. The van der Waals surface area contributed by atoms with Gasteiger partial charge in [0.25, 0.3) is 0 Å². The standard InChI is InChI=1S/C14H13BrClNO2S/c1-2-13-11(15)8-7-10(17-13)9-20(18,19)14-6-4-3-5-12(14)16/h3-8H,2,9H2,1H3. The van der Waals surface area contributed by atoms with Crippen LogP contribution in [0, 0.1) is 0 Å². The first kappa shape index (κ1) is 15.5. The monoisotopic (exact) mass is 373 g/mol. The minimum absolute atomic E-state index is 0.143. The predicted molar refractivity (Wildman–Crippen MR) is 83.7 cm³/mol. The van der Waals surface area contributed by atoms with E-state index in [0.29, 0.717) is 5.69 Å². The van der Waals surface area contributed by atoms with Gasteiger partial charge in [0, 0.05) is 4.47 Å². The maximum absolute atomic E-state index is 12.4. The maximum atomic E-state index is 12.4. The van der Waals surface area contributed by atoms with Crippen LogP contribution in [0.3, 0.4) is 0 Å². The van der Waals surface area contributed by atoms with E-state index in [1.54, 1.807) is 24.3 Å². The van der Waals surface area contributed by atoms with Gasteiger partial charge in [-0.3, -0.25) is 4.98 Å². The molecule has 0 saturated heterocycles. The Hall–Kier alpha value is -0.910. The zero-order valence-corrected chi connectivity index (χ0v) is 14.0. The van der Waals surface area contributed by atoms with Gasteiger partial charge in [0.1, 0.15) is 0 Å². The number of aromatic nitrogens is 1. The van der Waals surface area contributed by atoms with Gasteiger partial charge < -0.3 is 0 Å². The third-order valence-corrected chi connectivity index (χ3v) is 5.69. The van der Waals surface area contributed by atoms with Crippen LogP contribution in [-0.2, 0) is 22.0 Å². The van der Waals surface area contributed by atoms with E-state index in [1.807, 2.05) is 13.0 Å². The van der Waals surface area contributed by atoms with Crippen LogP contribution in [0.1, 0.15) is 18.3 Å². The lowest BCUT2D eigenvalue weighted by Gasteiger charge is -2.08. The van der Waals surface area contributed by atoms with Gasteiger partial charge >= 0.3 is 0 Å². The van der Waals surface area contributed by atoms with E-state index in [9.17, 15) is 8.42 Å². The van der Waals surface area contributed by atoms with Crippen LogP contribution < -0.4 is 0 Å². The molecule has 0 saturated carbocycles. The Bertz CT molecular complexity index is 732. The minimum atomic E-state index is -3.49. The number of hydrogen-bond donors (Lipinski definition) is 0. The molecule has 0 aliphatic carbocycles. The molecule has 2 aromatic rings. The zero-order chi connectivity index (χ0) is 14.8. The summed E-state index contributed by atoms with van der Waals surface area (Å²) in [5, 5.41) is 0.236. The molecule has 1 aromatic heterocycles. The maximum Gasteiger partial charge on any atom is 0.185 e. The summed E-state index contributed by atoms with van der Waals surface area (Å²) in [4.78, 5) is 4.51. The minimum Gasteiger partial charge on any atom is -0.256 e. The molecule has 0 aliphatic rings. The fourth-order valence-corrected chi connectivity index (χ4v) is 4.17. The fourth-order valence-electron chi connectivity index (χ4n) is 1.83. The van der Waals surface area contributed by atoms with Crippen LogP contribution >= 0.6 is 27.5 Å². The van der Waals surface area contributed by atoms with Gasteiger partial charge in [-0.15, -0.1) is 0 Å². The highest BCUT2D eigenvalue weighted by Gasteiger charge is 2.19. The summed E-state index contributed by atoms with van der Waals surface area (Å²) in [6.45, 7) is 1.97. The Morgan fingerprint density at radius 2 is 1.90 bits per heavy atom. The fraction of sp³-hybridized carbons (Fsp3) is 0.214. The lowest BCUT2D eigenvalue weighted by molar-refractivity contribution is 0.594. The molecule has 1 aromatic carbocycles. The first-order valence-electron chi connectivity index (χ1n) is 6.05. The lowest BCUT2D eigenvalue weighted by atomic mass is 10.3. The molecule has 0 unspecified atom stereocenters. The number of rotatable bonds is 4. The number of sulfone groups is 1. The first-order chi connectivity index (χ1) is 9.44. The second-order valence-corrected chi connectivity index (χ2v) is 7.49. The number of nitrogens with zero attached hydrogens (tertiary/aromatic N) is 1. The van der Waals surface area contributed by atoms with Gasteiger partial charge in [0.15, 0.2) is 9.84 Å². The largest absolute Gasteiger partial charge is 0.256 e. The van der Waals surface area contributed by atoms with Crippen molar-refractivity contribution >= 4 is 37.4 Å². The van der Waals surface area contributed by atoms with Gasteiger partial charge in [-0.1, -0.05) is 30.7 Å². The Morgan fingerprint density at radius 3 is 2.55 bits per heavy atom. The van der Waals surface area contributed by atoms with Crippen LogP contribution in [-0.4, -0.2) is 13.4 Å². The van der Waals surface area contributed by atoms with Gasteiger partial charge in [-0.25, -0.2) is 8.42 Å². The molecule has 0 fully saturated rings. The molecule has 0 spiro atoms. The molecular formula is C14H13BrClNO2S. The SMILES string of the molecule is CCc1nc(CS(=O)(=O)c2ccccc2Cl)ccc1Br. The number of halogens is 2. The molecular weight excluding hydrogens is 362 g/mol. The number of aryl methyl sites for hydroxylation is 1. The Kier molecular flexibility index (Phi) is 4.83. The van der Waals surface area contributed by atoms with Gasteiger partial charge in [0.05, 0.1) is 27.1 Å².